The Labute approximate surface area is 166 Å². The van der Waals surface area contributed by atoms with Crippen molar-refractivity contribution in [2.75, 3.05) is 6.54 Å². The van der Waals surface area contributed by atoms with Crippen LogP contribution in [0.2, 0.25) is 0 Å². The maximum absolute atomic E-state index is 13.6. The Morgan fingerprint density at radius 3 is 1.58 bits per heavy atom. The monoisotopic (exact) mass is 483 g/mol. The first kappa shape index (κ1) is 27.3. The number of aliphatic hydroxyl groups is 1. The molecule has 0 heterocycles. The number of alkyl halides is 13. The molecule has 0 aliphatic carbocycles. The fourth-order valence-corrected chi connectivity index (χ4v) is 2.28. The molecule has 180 valence electrons. The molecule has 0 saturated heterocycles. The van der Waals surface area contributed by atoms with E-state index in [-0.39, 0.29) is 6.54 Å². The molecule has 1 aromatic carbocycles. The molecule has 2 N–H and O–H groups in total. The van der Waals surface area contributed by atoms with Crippen LogP contribution in [0.25, 0.3) is 0 Å². The number of hydrogen-bond donors (Lipinski definition) is 2. The highest BCUT2D eigenvalue weighted by Crippen LogP contribution is 2.60. The van der Waals surface area contributed by atoms with Crippen LogP contribution in [-0.2, 0) is 6.54 Å². The predicted molar refractivity (Wildman–Crippen MR) is 79.6 cm³/mol. The summed E-state index contributed by atoms with van der Waals surface area (Å²) in [4.78, 5) is 0. The normalized spacial score (nSPS) is 15.8. The SMILES string of the molecule is OC(CNCc1ccccc1)CC(F)(F)C(F)(F)C(F)(F)C(F)(F)C(F)(F)C(F)(F)F. The number of benzene rings is 1. The predicted octanol–water partition coefficient (Wildman–Crippen LogP) is 5.27. The lowest BCUT2D eigenvalue weighted by Gasteiger charge is -2.40. The van der Waals surface area contributed by atoms with Gasteiger partial charge < -0.3 is 10.4 Å². The summed E-state index contributed by atoms with van der Waals surface area (Å²) in [5, 5.41) is 11.6. The third kappa shape index (κ3) is 5.02. The number of hydrogen-bond acceptors (Lipinski definition) is 2. The molecular weight excluding hydrogens is 469 g/mol. The van der Waals surface area contributed by atoms with Gasteiger partial charge in [-0.15, -0.1) is 0 Å². The van der Waals surface area contributed by atoms with Crippen LogP contribution in [0.15, 0.2) is 30.3 Å². The van der Waals surface area contributed by atoms with Gasteiger partial charge in [-0.25, -0.2) is 0 Å². The molecule has 0 aromatic heterocycles. The quantitative estimate of drug-likeness (QED) is 0.445. The molecule has 0 saturated carbocycles. The van der Waals surface area contributed by atoms with Crippen molar-refractivity contribution in [1.82, 2.24) is 5.32 Å². The summed E-state index contributed by atoms with van der Waals surface area (Å²) in [6, 6.07) is 7.69. The van der Waals surface area contributed by atoms with E-state index < -0.39 is 54.9 Å². The van der Waals surface area contributed by atoms with Crippen LogP contribution >= 0.6 is 0 Å². The van der Waals surface area contributed by atoms with Crippen molar-refractivity contribution >= 4 is 0 Å². The summed E-state index contributed by atoms with van der Waals surface area (Å²) < 4.78 is 169. The van der Waals surface area contributed by atoms with Crippen molar-refractivity contribution in [3.8, 4) is 0 Å². The van der Waals surface area contributed by atoms with Crippen LogP contribution in [-0.4, -0.2) is 53.5 Å². The molecule has 31 heavy (non-hydrogen) atoms. The lowest BCUT2D eigenvalue weighted by molar-refractivity contribution is -0.440. The van der Waals surface area contributed by atoms with E-state index in [2.05, 4.69) is 5.32 Å². The lowest BCUT2D eigenvalue weighted by Crippen LogP contribution is -2.70. The number of aliphatic hydroxyl groups excluding tert-OH is 1. The van der Waals surface area contributed by atoms with E-state index in [0.717, 1.165) is 0 Å². The van der Waals surface area contributed by atoms with Gasteiger partial charge in [0.05, 0.1) is 6.10 Å². The highest BCUT2D eigenvalue weighted by Gasteiger charge is 2.90. The third-order valence-corrected chi connectivity index (χ3v) is 4.04. The van der Waals surface area contributed by atoms with Crippen LogP contribution in [0.1, 0.15) is 12.0 Å². The molecule has 0 bridgehead atoms. The van der Waals surface area contributed by atoms with Crippen molar-refractivity contribution in [3.63, 3.8) is 0 Å². The average molecular weight is 483 g/mol. The summed E-state index contributed by atoms with van der Waals surface area (Å²) in [6.45, 7) is -1.09. The summed E-state index contributed by atoms with van der Waals surface area (Å²) in [6.07, 6.45) is -12.7. The van der Waals surface area contributed by atoms with Gasteiger partial charge in [0.2, 0.25) is 0 Å². The van der Waals surface area contributed by atoms with Gasteiger partial charge in [-0.1, -0.05) is 30.3 Å². The van der Waals surface area contributed by atoms with E-state index in [4.69, 9.17) is 0 Å². The third-order valence-electron chi connectivity index (χ3n) is 4.04. The maximum Gasteiger partial charge on any atom is 0.460 e. The minimum atomic E-state index is -7.94. The van der Waals surface area contributed by atoms with E-state index in [1.54, 1.807) is 18.2 Å². The Kier molecular flexibility index (Phi) is 7.60. The second-order valence-electron chi connectivity index (χ2n) is 6.47. The van der Waals surface area contributed by atoms with Gasteiger partial charge >= 0.3 is 35.8 Å². The highest BCUT2D eigenvalue weighted by atomic mass is 19.4. The fourth-order valence-electron chi connectivity index (χ4n) is 2.28. The van der Waals surface area contributed by atoms with Gasteiger partial charge in [-0.3, -0.25) is 0 Å². The van der Waals surface area contributed by atoms with Crippen LogP contribution in [0.5, 0.6) is 0 Å². The van der Waals surface area contributed by atoms with Crippen molar-refractivity contribution in [3.05, 3.63) is 35.9 Å². The van der Waals surface area contributed by atoms with Crippen LogP contribution < -0.4 is 5.32 Å². The van der Waals surface area contributed by atoms with Crippen LogP contribution in [0, 0.1) is 0 Å². The number of nitrogens with one attached hydrogen (secondary N) is 1. The Hall–Kier alpha value is -1.77. The first-order valence-corrected chi connectivity index (χ1v) is 8.11. The van der Waals surface area contributed by atoms with Gasteiger partial charge in [0.25, 0.3) is 0 Å². The second-order valence-corrected chi connectivity index (χ2v) is 6.47. The molecule has 1 rings (SSSR count). The fraction of sp³-hybridized carbons (Fsp3) is 0.625. The minimum absolute atomic E-state index is 0.133. The molecule has 0 aliphatic heterocycles. The summed E-state index contributed by atoms with van der Waals surface area (Å²) in [5.41, 5.74) is 0.507. The summed E-state index contributed by atoms with van der Waals surface area (Å²) in [7, 11) is 0. The van der Waals surface area contributed by atoms with Gasteiger partial charge in [0.15, 0.2) is 0 Å². The van der Waals surface area contributed by atoms with E-state index in [0.29, 0.717) is 5.56 Å². The van der Waals surface area contributed by atoms with Crippen molar-refractivity contribution in [2.45, 2.75) is 54.9 Å². The molecule has 0 amide bonds. The summed E-state index contributed by atoms with van der Waals surface area (Å²) >= 11 is 0. The van der Waals surface area contributed by atoms with Crippen LogP contribution in [0.3, 0.4) is 0 Å². The Bertz CT molecular complexity index is 718. The van der Waals surface area contributed by atoms with Crippen molar-refractivity contribution in [2.24, 2.45) is 0 Å². The van der Waals surface area contributed by atoms with Gasteiger partial charge in [0, 0.05) is 19.5 Å². The Balaban J connectivity index is 2.99. The molecule has 15 heteroatoms. The van der Waals surface area contributed by atoms with E-state index >= 15 is 0 Å². The van der Waals surface area contributed by atoms with E-state index in [9.17, 15) is 62.2 Å². The summed E-state index contributed by atoms with van der Waals surface area (Å²) in [5.74, 6) is -37.2. The second kappa shape index (κ2) is 8.64. The topological polar surface area (TPSA) is 32.3 Å². The van der Waals surface area contributed by atoms with Gasteiger partial charge in [0.1, 0.15) is 0 Å². The molecule has 1 unspecified atom stereocenters. The number of halogens is 13. The zero-order chi connectivity index (χ0) is 24.5. The smallest absolute Gasteiger partial charge is 0.392 e. The van der Waals surface area contributed by atoms with E-state index in [1.165, 1.54) is 12.1 Å². The first-order chi connectivity index (χ1) is 13.7. The molecule has 1 aromatic rings. The molecule has 0 radical (unpaired) electrons. The molecule has 2 nitrogen and oxygen atoms in total. The van der Waals surface area contributed by atoms with Crippen LogP contribution in [0.4, 0.5) is 57.1 Å². The molecule has 0 spiro atoms. The standard InChI is InChI=1S/C16H14F13NO/c17-11(18,6-10(31)8-30-7-9-4-2-1-3-5-9)12(19,20)13(21,22)14(23,24)15(25,26)16(27,28)29/h1-5,10,30-31H,6-8H2. The largest absolute Gasteiger partial charge is 0.460 e. The van der Waals surface area contributed by atoms with Gasteiger partial charge in [-0.05, 0) is 5.56 Å². The van der Waals surface area contributed by atoms with Crippen molar-refractivity contribution < 1.29 is 62.2 Å². The average Bonchev–Trinajstić information content (AvgIpc) is 2.60. The Morgan fingerprint density at radius 2 is 1.13 bits per heavy atom. The molecule has 0 fully saturated rings. The zero-order valence-corrected chi connectivity index (χ0v) is 14.9. The highest BCUT2D eigenvalue weighted by molar-refractivity contribution is 5.14. The molecule has 0 aliphatic rings. The number of rotatable bonds is 10. The zero-order valence-electron chi connectivity index (χ0n) is 14.9. The van der Waals surface area contributed by atoms with Gasteiger partial charge in [-0.2, -0.15) is 57.1 Å². The van der Waals surface area contributed by atoms with E-state index in [1.807, 2.05) is 0 Å². The Morgan fingerprint density at radius 1 is 0.677 bits per heavy atom. The molecule has 1 atom stereocenters. The maximum atomic E-state index is 13.6. The lowest BCUT2D eigenvalue weighted by atomic mass is 9.91. The first-order valence-electron chi connectivity index (χ1n) is 8.11. The minimum Gasteiger partial charge on any atom is -0.392 e. The van der Waals surface area contributed by atoms with Crippen molar-refractivity contribution in [1.29, 1.82) is 0 Å². The molecular formula is C16H14F13NO.